The third-order valence-corrected chi connectivity index (χ3v) is 8.42. The smallest absolute Gasteiger partial charge is 0.160 e. The summed E-state index contributed by atoms with van der Waals surface area (Å²) in [6.07, 6.45) is 3.68. The van der Waals surface area contributed by atoms with E-state index < -0.39 is 0 Å². The van der Waals surface area contributed by atoms with E-state index in [4.69, 9.17) is 9.97 Å². The zero-order chi connectivity index (χ0) is 30.7. The van der Waals surface area contributed by atoms with Crippen LogP contribution in [0.5, 0.6) is 0 Å². The van der Waals surface area contributed by atoms with Crippen LogP contribution >= 0.6 is 0 Å². The van der Waals surface area contributed by atoms with Gasteiger partial charge in [0.25, 0.3) is 0 Å². The highest BCUT2D eigenvalue weighted by Gasteiger charge is 2.12. The number of hydrogen-bond donors (Lipinski definition) is 0. The summed E-state index contributed by atoms with van der Waals surface area (Å²) in [6, 6.07) is 57.3. The molecular formula is C43H29N3. The van der Waals surface area contributed by atoms with Crippen LogP contribution in [0.3, 0.4) is 0 Å². The Labute approximate surface area is 268 Å². The first-order valence-corrected chi connectivity index (χ1v) is 15.4. The van der Waals surface area contributed by atoms with Crippen LogP contribution in [0.4, 0.5) is 0 Å². The normalized spacial score (nSPS) is 11.0. The summed E-state index contributed by atoms with van der Waals surface area (Å²) in [4.78, 5) is 14.4. The third kappa shape index (κ3) is 5.58. The van der Waals surface area contributed by atoms with E-state index >= 15 is 0 Å². The van der Waals surface area contributed by atoms with Gasteiger partial charge in [-0.25, -0.2) is 9.97 Å². The molecule has 3 heteroatoms. The van der Waals surface area contributed by atoms with Crippen molar-refractivity contribution in [3.8, 4) is 67.3 Å². The molecule has 8 aromatic rings. The molecule has 0 aliphatic rings. The quantitative estimate of drug-likeness (QED) is 0.194. The number of pyridine rings is 1. The fraction of sp³-hybridized carbons (Fsp3) is 0. The van der Waals surface area contributed by atoms with Crippen LogP contribution in [0.15, 0.2) is 176 Å². The summed E-state index contributed by atoms with van der Waals surface area (Å²) < 4.78 is 0. The molecule has 0 aliphatic heterocycles. The number of hydrogen-bond acceptors (Lipinski definition) is 3. The van der Waals surface area contributed by atoms with Crippen molar-refractivity contribution in [2.45, 2.75) is 0 Å². The summed E-state index contributed by atoms with van der Waals surface area (Å²) in [6.45, 7) is 0. The molecule has 0 N–H and O–H groups in total. The van der Waals surface area contributed by atoms with Gasteiger partial charge in [0.1, 0.15) is 0 Å². The minimum atomic E-state index is 0.696. The van der Waals surface area contributed by atoms with E-state index in [1.54, 1.807) is 6.20 Å². The molecule has 0 unspecified atom stereocenters. The third-order valence-electron chi connectivity index (χ3n) is 8.42. The van der Waals surface area contributed by atoms with Crippen LogP contribution in [0.25, 0.3) is 78.1 Å². The maximum atomic E-state index is 5.09. The lowest BCUT2D eigenvalue weighted by molar-refractivity contribution is 1.18. The van der Waals surface area contributed by atoms with Gasteiger partial charge < -0.3 is 0 Å². The lowest BCUT2D eigenvalue weighted by Crippen LogP contribution is -1.96. The molecule has 0 atom stereocenters. The van der Waals surface area contributed by atoms with Crippen molar-refractivity contribution in [3.05, 3.63) is 176 Å². The Kier molecular flexibility index (Phi) is 7.18. The molecule has 6 aromatic carbocycles. The highest BCUT2D eigenvalue weighted by atomic mass is 14.9. The standard InChI is InChI=1S/C43H29N3/c1-2-7-30(8-3-1)32-16-23-37(24-17-32)43-45-41(28-42(46-43)36-21-14-34(15-22-36)40-11-6-26-44-29-40)35-19-12-33(13-20-35)39-25-18-31-9-4-5-10-38(31)27-39/h1-29H. The van der Waals surface area contributed by atoms with Gasteiger partial charge in [-0.2, -0.15) is 0 Å². The Morgan fingerprint density at radius 1 is 0.304 bits per heavy atom. The molecule has 0 aliphatic carbocycles. The van der Waals surface area contributed by atoms with Crippen molar-refractivity contribution in [2.75, 3.05) is 0 Å². The first kappa shape index (κ1) is 27.4. The first-order chi connectivity index (χ1) is 22.8. The van der Waals surface area contributed by atoms with Crippen molar-refractivity contribution < 1.29 is 0 Å². The van der Waals surface area contributed by atoms with Crippen molar-refractivity contribution in [1.82, 2.24) is 15.0 Å². The van der Waals surface area contributed by atoms with E-state index in [2.05, 4.69) is 157 Å². The zero-order valence-electron chi connectivity index (χ0n) is 25.1. The maximum Gasteiger partial charge on any atom is 0.160 e. The SMILES string of the molecule is c1ccc(-c2ccc(-c3nc(-c4ccc(-c5cccnc5)cc4)cc(-c4ccc(-c5ccc6ccccc6c5)cc4)n3)cc2)cc1. The molecule has 2 heterocycles. The Balaban J connectivity index is 1.18. The van der Waals surface area contributed by atoms with Gasteiger partial charge in [-0.3, -0.25) is 4.98 Å². The van der Waals surface area contributed by atoms with Gasteiger partial charge in [-0.05, 0) is 62.4 Å². The predicted molar refractivity (Wildman–Crippen MR) is 190 cm³/mol. The number of aromatic nitrogens is 3. The summed E-state index contributed by atoms with van der Waals surface area (Å²) in [5, 5.41) is 2.48. The molecule has 0 fully saturated rings. The van der Waals surface area contributed by atoms with Crippen molar-refractivity contribution in [3.63, 3.8) is 0 Å². The van der Waals surface area contributed by atoms with E-state index in [9.17, 15) is 0 Å². The monoisotopic (exact) mass is 587 g/mol. The minimum Gasteiger partial charge on any atom is -0.264 e. The second-order valence-corrected chi connectivity index (χ2v) is 11.4. The van der Waals surface area contributed by atoms with Crippen LogP contribution in [-0.4, -0.2) is 15.0 Å². The molecule has 0 saturated heterocycles. The molecule has 8 rings (SSSR count). The van der Waals surface area contributed by atoms with E-state index in [1.165, 1.54) is 27.5 Å². The summed E-state index contributed by atoms with van der Waals surface area (Å²) in [5.41, 5.74) is 11.7. The van der Waals surface area contributed by atoms with E-state index in [0.717, 1.165) is 44.8 Å². The Bertz CT molecular complexity index is 2160. The summed E-state index contributed by atoms with van der Waals surface area (Å²) in [7, 11) is 0. The first-order valence-electron chi connectivity index (χ1n) is 15.4. The topological polar surface area (TPSA) is 38.7 Å². The second-order valence-electron chi connectivity index (χ2n) is 11.4. The molecule has 0 amide bonds. The number of fused-ring (bicyclic) bond motifs is 1. The lowest BCUT2D eigenvalue weighted by Gasteiger charge is -2.11. The average Bonchev–Trinajstić information content (AvgIpc) is 3.15. The highest BCUT2D eigenvalue weighted by Crippen LogP contribution is 2.32. The van der Waals surface area contributed by atoms with Gasteiger partial charge in [-0.1, -0.05) is 146 Å². The molecule has 216 valence electrons. The van der Waals surface area contributed by atoms with Crippen LogP contribution < -0.4 is 0 Å². The van der Waals surface area contributed by atoms with Gasteiger partial charge in [0.05, 0.1) is 11.4 Å². The Hall–Kier alpha value is -6.19. The maximum absolute atomic E-state index is 5.09. The van der Waals surface area contributed by atoms with Crippen molar-refractivity contribution >= 4 is 10.8 Å². The molecular weight excluding hydrogens is 558 g/mol. The average molecular weight is 588 g/mol. The molecule has 46 heavy (non-hydrogen) atoms. The number of benzene rings is 6. The minimum absolute atomic E-state index is 0.696. The Morgan fingerprint density at radius 2 is 0.783 bits per heavy atom. The molecule has 0 radical (unpaired) electrons. The molecule has 0 bridgehead atoms. The summed E-state index contributed by atoms with van der Waals surface area (Å²) in [5.74, 6) is 0.696. The molecule has 3 nitrogen and oxygen atoms in total. The van der Waals surface area contributed by atoms with Crippen LogP contribution in [0.1, 0.15) is 0 Å². The Morgan fingerprint density at radius 3 is 1.41 bits per heavy atom. The summed E-state index contributed by atoms with van der Waals surface area (Å²) >= 11 is 0. The second kappa shape index (κ2) is 12.1. The van der Waals surface area contributed by atoms with Gasteiger partial charge in [0, 0.05) is 29.1 Å². The molecule has 0 saturated carbocycles. The van der Waals surface area contributed by atoms with Gasteiger partial charge in [0.15, 0.2) is 5.82 Å². The van der Waals surface area contributed by atoms with Crippen molar-refractivity contribution in [1.29, 1.82) is 0 Å². The van der Waals surface area contributed by atoms with Gasteiger partial charge >= 0.3 is 0 Å². The fourth-order valence-corrected chi connectivity index (χ4v) is 5.88. The van der Waals surface area contributed by atoms with Crippen molar-refractivity contribution in [2.24, 2.45) is 0 Å². The number of nitrogens with zero attached hydrogens (tertiary/aromatic N) is 3. The fourth-order valence-electron chi connectivity index (χ4n) is 5.88. The molecule has 0 spiro atoms. The van der Waals surface area contributed by atoms with Crippen LogP contribution in [-0.2, 0) is 0 Å². The number of rotatable bonds is 6. The predicted octanol–water partition coefficient (Wildman–Crippen LogP) is 11.0. The van der Waals surface area contributed by atoms with Gasteiger partial charge in [0.2, 0.25) is 0 Å². The largest absolute Gasteiger partial charge is 0.264 e. The van der Waals surface area contributed by atoms with Crippen LogP contribution in [0, 0.1) is 0 Å². The molecule has 2 aromatic heterocycles. The van der Waals surface area contributed by atoms with Crippen LogP contribution in [0.2, 0.25) is 0 Å². The van der Waals surface area contributed by atoms with E-state index in [-0.39, 0.29) is 0 Å². The van der Waals surface area contributed by atoms with E-state index in [1.807, 2.05) is 18.3 Å². The lowest BCUT2D eigenvalue weighted by atomic mass is 9.99. The zero-order valence-corrected chi connectivity index (χ0v) is 25.1. The highest BCUT2D eigenvalue weighted by molar-refractivity contribution is 5.87. The van der Waals surface area contributed by atoms with Gasteiger partial charge in [-0.15, -0.1) is 0 Å². The van der Waals surface area contributed by atoms with E-state index in [0.29, 0.717) is 5.82 Å².